The molecule has 22 heavy (non-hydrogen) atoms. The highest BCUT2D eigenvalue weighted by atomic mass is 32.2. The standard InChI is InChI=1S/C14H21NO5S2/c1-18-11-4-5-12(19-2)13(8-11)22(16,17)15-9-14(20-3)6-7-21-10-14/h4-5,8,15H,6-7,9-10H2,1-3H3/t14-/m1/s1. The molecule has 1 aromatic carbocycles. The predicted molar refractivity (Wildman–Crippen MR) is 86.4 cm³/mol. The van der Waals surface area contributed by atoms with Crippen molar-refractivity contribution < 1.29 is 22.6 Å². The number of hydrogen-bond acceptors (Lipinski definition) is 6. The third-order valence-electron chi connectivity index (χ3n) is 3.74. The molecule has 2 rings (SSSR count). The summed E-state index contributed by atoms with van der Waals surface area (Å²) in [5.74, 6) is 2.49. The highest BCUT2D eigenvalue weighted by Crippen LogP contribution is 2.32. The largest absolute Gasteiger partial charge is 0.497 e. The molecule has 1 N–H and O–H groups in total. The lowest BCUT2D eigenvalue weighted by atomic mass is 10.0. The molecule has 1 saturated heterocycles. The number of thioether (sulfide) groups is 1. The molecule has 1 aliphatic heterocycles. The van der Waals surface area contributed by atoms with Crippen LogP contribution in [0.3, 0.4) is 0 Å². The predicted octanol–water partition coefficient (Wildman–Crippen LogP) is 1.50. The van der Waals surface area contributed by atoms with Crippen molar-refractivity contribution in [1.29, 1.82) is 0 Å². The van der Waals surface area contributed by atoms with E-state index in [1.807, 2.05) is 0 Å². The molecule has 0 spiro atoms. The highest BCUT2D eigenvalue weighted by molar-refractivity contribution is 7.99. The number of hydrogen-bond donors (Lipinski definition) is 1. The molecule has 0 radical (unpaired) electrons. The van der Waals surface area contributed by atoms with E-state index in [1.54, 1.807) is 31.0 Å². The van der Waals surface area contributed by atoms with Gasteiger partial charge in [-0.2, -0.15) is 11.8 Å². The molecule has 1 heterocycles. The Morgan fingerprint density at radius 2 is 2.05 bits per heavy atom. The fraction of sp³-hybridized carbons (Fsp3) is 0.571. The first-order valence-corrected chi connectivity index (χ1v) is 9.45. The van der Waals surface area contributed by atoms with Crippen LogP contribution in [0.5, 0.6) is 11.5 Å². The minimum Gasteiger partial charge on any atom is -0.497 e. The zero-order valence-corrected chi connectivity index (χ0v) is 14.6. The summed E-state index contributed by atoms with van der Waals surface area (Å²) in [7, 11) is 0.825. The lowest BCUT2D eigenvalue weighted by Crippen LogP contribution is -2.44. The van der Waals surface area contributed by atoms with Crippen molar-refractivity contribution >= 4 is 21.8 Å². The number of benzene rings is 1. The first kappa shape index (κ1) is 17.4. The zero-order valence-electron chi connectivity index (χ0n) is 12.9. The Morgan fingerprint density at radius 3 is 2.59 bits per heavy atom. The van der Waals surface area contributed by atoms with Gasteiger partial charge in [0.15, 0.2) is 0 Å². The Hall–Kier alpha value is -0.960. The van der Waals surface area contributed by atoms with E-state index in [0.717, 1.165) is 17.9 Å². The lowest BCUT2D eigenvalue weighted by Gasteiger charge is -2.26. The van der Waals surface area contributed by atoms with E-state index in [4.69, 9.17) is 14.2 Å². The Labute approximate surface area is 135 Å². The number of methoxy groups -OCH3 is 3. The van der Waals surface area contributed by atoms with E-state index < -0.39 is 15.6 Å². The molecule has 1 aliphatic rings. The van der Waals surface area contributed by atoms with Gasteiger partial charge in [-0.15, -0.1) is 0 Å². The molecule has 0 unspecified atom stereocenters. The van der Waals surface area contributed by atoms with Crippen LogP contribution in [0.1, 0.15) is 6.42 Å². The molecule has 8 heteroatoms. The van der Waals surface area contributed by atoms with Gasteiger partial charge in [-0.25, -0.2) is 13.1 Å². The maximum atomic E-state index is 12.6. The Balaban J connectivity index is 2.23. The van der Waals surface area contributed by atoms with Crippen LogP contribution in [-0.4, -0.2) is 53.4 Å². The van der Waals surface area contributed by atoms with Gasteiger partial charge in [0, 0.05) is 25.5 Å². The fourth-order valence-electron chi connectivity index (χ4n) is 2.26. The molecule has 6 nitrogen and oxygen atoms in total. The third-order valence-corrected chi connectivity index (χ3v) is 6.39. The van der Waals surface area contributed by atoms with Crippen molar-refractivity contribution in [3.8, 4) is 11.5 Å². The molecule has 0 bridgehead atoms. The fourth-order valence-corrected chi connectivity index (χ4v) is 4.95. The highest BCUT2D eigenvalue weighted by Gasteiger charge is 2.36. The Morgan fingerprint density at radius 1 is 1.27 bits per heavy atom. The zero-order chi connectivity index (χ0) is 16.2. The lowest BCUT2D eigenvalue weighted by molar-refractivity contribution is 0.0179. The van der Waals surface area contributed by atoms with Gasteiger partial charge in [-0.05, 0) is 24.3 Å². The molecule has 0 saturated carbocycles. The molecular formula is C14H21NO5S2. The Bertz CT molecular complexity index is 612. The van der Waals surface area contributed by atoms with Gasteiger partial charge in [0.1, 0.15) is 16.4 Å². The van der Waals surface area contributed by atoms with Crippen LogP contribution in [0.4, 0.5) is 0 Å². The normalized spacial score (nSPS) is 21.8. The van der Waals surface area contributed by atoms with Crippen LogP contribution in [-0.2, 0) is 14.8 Å². The van der Waals surface area contributed by atoms with Gasteiger partial charge in [0.25, 0.3) is 0 Å². The molecule has 0 amide bonds. The van der Waals surface area contributed by atoms with Crippen molar-refractivity contribution in [2.24, 2.45) is 0 Å². The summed E-state index contributed by atoms with van der Waals surface area (Å²) in [4.78, 5) is 0.0613. The summed E-state index contributed by atoms with van der Waals surface area (Å²) in [5, 5.41) is 0. The van der Waals surface area contributed by atoms with Gasteiger partial charge in [0.05, 0.1) is 19.8 Å². The summed E-state index contributed by atoms with van der Waals surface area (Å²) >= 11 is 1.76. The van der Waals surface area contributed by atoms with Crippen LogP contribution in [0.25, 0.3) is 0 Å². The van der Waals surface area contributed by atoms with Gasteiger partial charge in [-0.3, -0.25) is 0 Å². The molecule has 0 aliphatic carbocycles. The number of sulfonamides is 1. The monoisotopic (exact) mass is 347 g/mol. The summed E-state index contributed by atoms with van der Waals surface area (Å²) in [5.41, 5.74) is -0.441. The summed E-state index contributed by atoms with van der Waals surface area (Å²) in [6.45, 7) is 0.235. The third kappa shape index (κ3) is 3.68. The number of ether oxygens (including phenoxy) is 3. The van der Waals surface area contributed by atoms with Crippen molar-refractivity contribution in [2.75, 3.05) is 39.4 Å². The van der Waals surface area contributed by atoms with E-state index in [-0.39, 0.29) is 17.2 Å². The van der Waals surface area contributed by atoms with Crippen LogP contribution < -0.4 is 14.2 Å². The number of rotatable bonds is 7. The summed E-state index contributed by atoms with van der Waals surface area (Å²) in [6, 6.07) is 4.68. The van der Waals surface area contributed by atoms with E-state index in [2.05, 4.69) is 4.72 Å². The summed E-state index contributed by atoms with van der Waals surface area (Å²) in [6.07, 6.45) is 0.825. The Kier molecular flexibility index (Phi) is 5.60. The minimum absolute atomic E-state index is 0.0613. The average molecular weight is 347 g/mol. The van der Waals surface area contributed by atoms with Gasteiger partial charge in [0.2, 0.25) is 10.0 Å². The van der Waals surface area contributed by atoms with E-state index in [1.165, 1.54) is 20.3 Å². The van der Waals surface area contributed by atoms with Crippen molar-refractivity contribution in [2.45, 2.75) is 16.9 Å². The second-order valence-corrected chi connectivity index (χ2v) is 7.87. The smallest absolute Gasteiger partial charge is 0.244 e. The van der Waals surface area contributed by atoms with Gasteiger partial charge >= 0.3 is 0 Å². The quantitative estimate of drug-likeness (QED) is 0.806. The minimum atomic E-state index is -3.72. The molecule has 124 valence electrons. The topological polar surface area (TPSA) is 73.9 Å². The number of nitrogens with one attached hydrogen (secondary N) is 1. The van der Waals surface area contributed by atoms with Crippen LogP contribution in [0, 0.1) is 0 Å². The summed E-state index contributed by atoms with van der Waals surface area (Å²) < 4.78 is 43.6. The van der Waals surface area contributed by atoms with Gasteiger partial charge in [-0.1, -0.05) is 0 Å². The molecule has 1 aromatic rings. The first-order valence-electron chi connectivity index (χ1n) is 6.81. The van der Waals surface area contributed by atoms with E-state index in [9.17, 15) is 8.42 Å². The molecule has 1 fully saturated rings. The maximum Gasteiger partial charge on any atom is 0.244 e. The van der Waals surface area contributed by atoms with Crippen LogP contribution in [0.2, 0.25) is 0 Å². The molecular weight excluding hydrogens is 326 g/mol. The van der Waals surface area contributed by atoms with Crippen LogP contribution in [0.15, 0.2) is 23.1 Å². The van der Waals surface area contributed by atoms with Crippen LogP contribution >= 0.6 is 11.8 Å². The second kappa shape index (κ2) is 7.08. The van der Waals surface area contributed by atoms with Crippen molar-refractivity contribution in [3.05, 3.63) is 18.2 Å². The van der Waals surface area contributed by atoms with E-state index >= 15 is 0 Å². The molecule has 0 aromatic heterocycles. The molecule has 1 atom stereocenters. The van der Waals surface area contributed by atoms with Crippen molar-refractivity contribution in [3.63, 3.8) is 0 Å². The first-order chi connectivity index (χ1) is 10.5. The maximum absolute atomic E-state index is 12.6. The second-order valence-electron chi connectivity index (χ2n) is 5.03. The van der Waals surface area contributed by atoms with Gasteiger partial charge < -0.3 is 14.2 Å². The SMILES string of the molecule is COc1ccc(OC)c(S(=O)(=O)NC[C@]2(OC)CCSC2)c1. The average Bonchev–Trinajstić information content (AvgIpc) is 3.02. The van der Waals surface area contributed by atoms with E-state index in [0.29, 0.717) is 5.75 Å². The van der Waals surface area contributed by atoms with Crippen molar-refractivity contribution in [1.82, 2.24) is 4.72 Å².